The van der Waals surface area contributed by atoms with Crippen LogP contribution in [0.1, 0.15) is 29.8 Å². The Kier molecular flexibility index (Phi) is 3.39. The molecule has 108 valence electrons. The molecule has 0 aliphatic carbocycles. The third-order valence-electron chi connectivity index (χ3n) is 3.69. The van der Waals surface area contributed by atoms with Crippen molar-refractivity contribution in [3.8, 4) is 0 Å². The van der Waals surface area contributed by atoms with Gasteiger partial charge >= 0.3 is 0 Å². The van der Waals surface area contributed by atoms with Crippen molar-refractivity contribution in [1.29, 1.82) is 0 Å². The number of hydrogen-bond donors (Lipinski definition) is 1. The van der Waals surface area contributed by atoms with Gasteiger partial charge in [-0.15, -0.1) is 10.2 Å². The van der Waals surface area contributed by atoms with E-state index in [2.05, 4.69) is 20.6 Å². The molecular weight excluding hydrogens is 278 g/mol. The van der Waals surface area contributed by atoms with Crippen LogP contribution in [-0.2, 0) is 15.9 Å². The lowest BCUT2D eigenvalue weighted by atomic mass is 10.2. The zero-order valence-corrected chi connectivity index (χ0v) is 11.9. The van der Waals surface area contributed by atoms with E-state index in [0.717, 1.165) is 61.4 Å². The van der Waals surface area contributed by atoms with Gasteiger partial charge in [-0.1, -0.05) is 11.3 Å². The number of rotatable bonds is 3. The number of fused-ring (bicyclic) bond motifs is 1. The topological polar surface area (TPSA) is 73.6 Å². The van der Waals surface area contributed by atoms with Crippen molar-refractivity contribution >= 4 is 16.3 Å². The zero-order chi connectivity index (χ0) is 13.4. The molecule has 1 N–H and O–H groups in total. The number of nitrogens with zero attached hydrogens (tertiary/aromatic N) is 4. The molecule has 2 aliphatic heterocycles. The van der Waals surface area contributed by atoms with Crippen LogP contribution in [0.25, 0.3) is 4.96 Å². The van der Waals surface area contributed by atoms with Crippen LogP contribution in [0.5, 0.6) is 0 Å². The molecule has 4 rings (SSSR count). The van der Waals surface area contributed by atoms with Crippen LogP contribution in [0.4, 0.5) is 0 Å². The predicted octanol–water partition coefficient (Wildman–Crippen LogP) is 0.568. The molecule has 4 heterocycles. The van der Waals surface area contributed by atoms with Crippen molar-refractivity contribution < 1.29 is 9.47 Å². The van der Waals surface area contributed by atoms with Crippen LogP contribution < -0.4 is 5.32 Å². The smallest absolute Gasteiger partial charge is 0.234 e. The molecule has 2 aromatic rings. The second-order valence-electron chi connectivity index (χ2n) is 5.18. The molecule has 0 radical (unpaired) electrons. The lowest BCUT2D eigenvalue weighted by Crippen LogP contribution is -2.42. The van der Waals surface area contributed by atoms with Gasteiger partial charge in [0.25, 0.3) is 0 Å². The summed E-state index contributed by atoms with van der Waals surface area (Å²) in [5, 5.41) is 17.6. The minimum Gasteiger partial charge on any atom is -0.379 e. The predicted molar refractivity (Wildman–Crippen MR) is 72.9 cm³/mol. The number of ether oxygens (including phenoxy) is 2. The second kappa shape index (κ2) is 5.36. The van der Waals surface area contributed by atoms with Crippen molar-refractivity contribution in [2.45, 2.75) is 31.4 Å². The number of hydrogen-bond acceptors (Lipinski definition) is 7. The summed E-state index contributed by atoms with van der Waals surface area (Å²) in [4.78, 5) is 0.849. The van der Waals surface area contributed by atoms with Crippen molar-refractivity contribution in [3.63, 3.8) is 0 Å². The fourth-order valence-corrected chi connectivity index (χ4v) is 3.62. The summed E-state index contributed by atoms with van der Waals surface area (Å²) in [5.74, 6) is 0.841. The minimum atomic E-state index is 0.0519. The molecule has 0 amide bonds. The number of nitrogens with one attached hydrogen (secondary N) is 1. The Morgan fingerprint density at radius 1 is 1.35 bits per heavy atom. The Hall–Kier alpha value is -1.09. The van der Waals surface area contributed by atoms with Crippen LogP contribution >= 0.6 is 11.3 Å². The van der Waals surface area contributed by atoms with Crippen LogP contribution in [0.2, 0.25) is 0 Å². The third kappa shape index (κ3) is 2.32. The highest BCUT2D eigenvalue weighted by Gasteiger charge is 2.25. The highest BCUT2D eigenvalue weighted by Crippen LogP contribution is 2.28. The van der Waals surface area contributed by atoms with E-state index >= 15 is 0 Å². The lowest BCUT2D eigenvalue weighted by Gasteiger charge is -2.22. The Balaban J connectivity index is 1.55. The summed E-state index contributed by atoms with van der Waals surface area (Å²) in [6.45, 7) is 3.26. The lowest BCUT2D eigenvalue weighted by molar-refractivity contribution is 0.0769. The number of morpholine rings is 1. The van der Waals surface area contributed by atoms with Gasteiger partial charge in [0, 0.05) is 25.6 Å². The summed E-state index contributed by atoms with van der Waals surface area (Å²) in [7, 11) is 0. The van der Waals surface area contributed by atoms with E-state index in [1.807, 2.05) is 4.52 Å². The molecule has 2 fully saturated rings. The van der Waals surface area contributed by atoms with E-state index in [1.165, 1.54) is 0 Å². The van der Waals surface area contributed by atoms with E-state index in [1.54, 1.807) is 11.3 Å². The van der Waals surface area contributed by atoms with Crippen molar-refractivity contribution in [1.82, 2.24) is 25.1 Å². The Labute approximate surface area is 120 Å². The van der Waals surface area contributed by atoms with E-state index < -0.39 is 0 Å². The molecule has 7 nitrogen and oxygen atoms in total. The Morgan fingerprint density at radius 3 is 3.15 bits per heavy atom. The Bertz CT molecular complexity index is 586. The fourth-order valence-electron chi connectivity index (χ4n) is 2.70. The van der Waals surface area contributed by atoms with Crippen LogP contribution in [0, 0.1) is 0 Å². The third-order valence-corrected chi connectivity index (χ3v) is 4.62. The van der Waals surface area contributed by atoms with Crippen LogP contribution in [0.3, 0.4) is 0 Å². The average molecular weight is 295 g/mol. The maximum absolute atomic E-state index is 5.67. The van der Waals surface area contributed by atoms with Crippen LogP contribution in [0.15, 0.2) is 0 Å². The molecule has 0 aromatic carbocycles. The Morgan fingerprint density at radius 2 is 2.35 bits per heavy atom. The van der Waals surface area contributed by atoms with Crippen molar-refractivity contribution in [3.05, 3.63) is 10.8 Å². The van der Waals surface area contributed by atoms with Crippen molar-refractivity contribution in [2.75, 3.05) is 26.4 Å². The zero-order valence-electron chi connectivity index (χ0n) is 11.1. The molecule has 2 aromatic heterocycles. The molecule has 0 bridgehead atoms. The molecule has 0 saturated carbocycles. The van der Waals surface area contributed by atoms with Gasteiger partial charge in [-0.25, -0.2) is 0 Å². The maximum atomic E-state index is 5.67. The molecule has 2 aliphatic rings. The highest BCUT2D eigenvalue weighted by atomic mass is 32.1. The SMILES string of the molecule is C1COC(c2nnc3sc(CC4COCCN4)nn23)C1. The van der Waals surface area contributed by atoms with Gasteiger partial charge in [-0.3, -0.25) is 0 Å². The first kappa shape index (κ1) is 12.6. The molecule has 2 saturated heterocycles. The largest absolute Gasteiger partial charge is 0.379 e. The van der Waals surface area contributed by atoms with Crippen molar-refractivity contribution in [2.24, 2.45) is 0 Å². The van der Waals surface area contributed by atoms with Gasteiger partial charge in [-0.05, 0) is 12.8 Å². The first-order valence-electron chi connectivity index (χ1n) is 7.04. The van der Waals surface area contributed by atoms with Gasteiger partial charge in [0.15, 0.2) is 5.82 Å². The monoisotopic (exact) mass is 295 g/mol. The summed E-state index contributed by atoms with van der Waals surface area (Å²) in [6, 6.07) is 0.346. The summed E-state index contributed by atoms with van der Waals surface area (Å²) in [6.07, 6.45) is 3.01. The summed E-state index contributed by atoms with van der Waals surface area (Å²) < 4.78 is 13.0. The molecule has 8 heteroatoms. The molecule has 0 spiro atoms. The maximum Gasteiger partial charge on any atom is 0.234 e. The molecular formula is C12H17N5O2S. The average Bonchev–Trinajstić information content (AvgIpc) is 3.15. The van der Waals surface area contributed by atoms with Gasteiger partial charge < -0.3 is 14.8 Å². The fraction of sp³-hybridized carbons (Fsp3) is 0.750. The summed E-state index contributed by atoms with van der Waals surface area (Å²) >= 11 is 1.60. The van der Waals surface area contributed by atoms with E-state index in [4.69, 9.17) is 9.47 Å². The molecule has 2 atom stereocenters. The quantitative estimate of drug-likeness (QED) is 0.892. The van der Waals surface area contributed by atoms with E-state index in [9.17, 15) is 0 Å². The van der Waals surface area contributed by atoms with Gasteiger partial charge in [-0.2, -0.15) is 9.61 Å². The molecule has 2 unspecified atom stereocenters. The first-order chi connectivity index (χ1) is 9.90. The normalized spacial score (nSPS) is 27.4. The van der Waals surface area contributed by atoms with Gasteiger partial charge in [0.1, 0.15) is 11.1 Å². The minimum absolute atomic E-state index is 0.0519. The first-order valence-corrected chi connectivity index (χ1v) is 7.85. The number of aromatic nitrogens is 4. The second-order valence-corrected chi connectivity index (χ2v) is 6.22. The van der Waals surface area contributed by atoms with Crippen LogP contribution in [-0.4, -0.2) is 52.2 Å². The van der Waals surface area contributed by atoms with E-state index in [0.29, 0.717) is 6.04 Å². The standard InChI is InChI=1S/C12H17N5O2S/c1-2-9(19-4-1)11-14-15-12-17(11)16-10(20-12)6-8-7-18-5-3-13-8/h8-9,13H,1-7H2. The van der Waals surface area contributed by atoms with Gasteiger partial charge in [0.05, 0.1) is 13.2 Å². The highest BCUT2D eigenvalue weighted by molar-refractivity contribution is 7.16. The van der Waals surface area contributed by atoms with E-state index in [-0.39, 0.29) is 6.10 Å². The van der Waals surface area contributed by atoms with Gasteiger partial charge in [0.2, 0.25) is 4.96 Å². The summed E-state index contributed by atoms with van der Waals surface area (Å²) in [5.41, 5.74) is 0. The molecule has 20 heavy (non-hydrogen) atoms.